The summed E-state index contributed by atoms with van der Waals surface area (Å²) in [5.41, 5.74) is 6.82. The zero-order chi connectivity index (χ0) is 14.7. The molecule has 2 fully saturated rings. The van der Waals surface area contributed by atoms with Crippen LogP contribution in [-0.4, -0.2) is 19.0 Å². The van der Waals surface area contributed by atoms with Crippen molar-refractivity contribution < 1.29 is 4.79 Å². The molecule has 1 aromatic carbocycles. The first-order valence-electron chi connectivity index (χ1n) is 7.85. The van der Waals surface area contributed by atoms with Crippen LogP contribution in [0.1, 0.15) is 41.6 Å². The first kappa shape index (κ1) is 14.2. The summed E-state index contributed by atoms with van der Waals surface area (Å²) in [7, 11) is 0. The van der Waals surface area contributed by atoms with Crippen LogP contribution in [-0.2, 0) is 0 Å². The number of hydrogen-bond acceptors (Lipinski definition) is 2. The topological polar surface area (TPSA) is 55.1 Å². The fourth-order valence-corrected chi connectivity index (χ4v) is 3.01. The summed E-state index contributed by atoms with van der Waals surface area (Å²) in [5, 5.41) is 3.12. The standard InChI is InChI=1S/C18H22N2O/c19-11-3-5-13-4-1-2-6-16(13)18(21)20-12-17(14-7-8-14)15-9-10-15/h1-2,4,6,14-15,17H,7-12,19H2,(H,20,21). The molecule has 3 N–H and O–H groups in total. The van der Waals surface area contributed by atoms with Gasteiger partial charge in [0.15, 0.2) is 0 Å². The first-order chi connectivity index (χ1) is 10.3. The van der Waals surface area contributed by atoms with Gasteiger partial charge in [0.1, 0.15) is 0 Å². The number of carbonyl (C=O) groups is 1. The lowest BCUT2D eigenvalue weighted by Gasteiger charge is -2.16. The van der Waals surface area contributed by atoms with Gasteiger partial charge in [0.2, 0.25) is 0 Å². The van der Waals surface area contributed by atoms with Gasteiger partial charge in [-0.05, 0) is 55.6 Å². The number of hydrogen-bond donors (Lipinski definition) is 2. The Labute approximate surface area is 126 Å². The number of benzene rings is 1. The van der Waals surface area contributed by atoms with E-state index in [0.29, 0.717) is 18.0 Å². The molecular weight excluding hydrogens is 260 g/mol. The van der Waals surface area contributed by atoms with E-state index in [2.05, 4.69) is 17.2 Å². The number of nitrogens with two attached hydrogens (primary N) is 1. The molecule has 1 amide bonds. The average Bonchev–Trinajstić information content (AvgIpc) is 3.38. The van der Waals surface area contributed by atoms with Gasteiger partial charge in [0, 0.05) is 12.1 Å². The van der Waals surface area contributed by atoms with Gasteiger partial charge >= 0.3 is 0 Å². The Morgan fingerprint density at radius 2 is 1.90 bits per heavy atom. The second-order valence-corrected chi connectivity index (χ2v) is 6.10. The molecule has 0 unspecified atom stereocenters. The third-order valence-corrected chi connectivity index (χ3v) is 4.45. The number of carbonyl (C=O) groups excluding carboxylic acids is 1. The van der Waals surface area contributed by atoms with E-state index in [9.17, 15) is 4.79 Å². The van der Waals surface area contributed by atoms with Crippen LogP contribution in [0.4, 0.5) is 0 Å². The molecular formula is C18H22N2O. The van der Waals surface area contributed by atoms with Crippen molar-refractivity contribution >= 4 is 5.91 Å². The van der Waals surface area contributed by atoms with Crippen molar-refractivity contribution in [2.45, 2.75) is 25.7 Å². The van der Waals surface area contributed by atoms with Crippen molar-refractivity contribution in [3.63, 3.8) is 0 Å². The van der Waals surface area contributed by atoms with E-state index < -0.39 is 0 Å². The van der Waals surface area contributed by atoms with E-state index in [1.807, 2.05) is 24.3 Å². The number of nitrogens with one attached hydrogen (secondary N) is 1. The van der Waals surface area contributed by atoms with Gasteiger partial charge in [0.25, 0.3) is 5.91 Å². The highest BCUT2D eigenvalue weighted by Gasteiger charge is 2.41. The summed E-state index contributed by atoms with van der Waals surface area (Å²) in [5.74, 6) is 8.18. The van der Waals surface area contributed by atoms with Crippen LogP contribution in [0.5, 0.6) is 0 Å². The summed E-state index contributed by atoms with van der Waals surface area (Å²) in [4.78, 5) is 12.4. The maximum atomic E-state index is 12.4. The van der Waals surface area contributed by atoms with Crippen molar-refractivity contribution in [2.24, 2.45) is 23.5 Å². The molecule has 3 heteroatoms. The van der Waals surface area contributed by atoms with Crippen molar-refractivity contribution in [3.8, 4) is 11.8 Å². The van der Waals surface area contributed by atoms with Gasteiger partial charge in [-0.25, -0.2) is 0 Å². The Morgan fingerprint density at radius 1 is 1.24 bits per heavy atom. The minimum atomic E-state index is -0.0109. The largest absolute Gasteiger partial charge is 0.352 e. The molecule has 0 bridgehead atoms. The van der Waals surface area contributed by atoms with Crippen molar-refractivity contribution in [1.82, 2.24) is 5.32 Å². The van der Waals surface area contributed by atoms with Crippen molar-refractivity contribution in [1.29, 1.82) is 0 Å². The maximum Gasteiger partial charge on any atom is 0.252 e. The molecule has 0 aromatic heterocycles. The van der Waals surface area contributed by atoms with E-state index >= 15 is 0 Å². The zero-order valence-corrected chi connectivity index (χ0v) is 12.3. The molecule has 2 aliphatic rings. The summed E-state index contributed by atoms with van der Waals surface area (Å²) < 4.78 is 0. The van der Waals surface area contributed by atoms with Crippen LogP contribution < -0.4 is 11.1 Å². The van der Waals surface area contributed by atoms with Crippen LogP contribution in [0.25, 0.3) is 0 Å². The SMILES string of the molecule is NCC#Cc1ccccc1C(=O)NCC(C1CC1)C1CC1. The highest BCUT2D eigenvalue weighted by molar-refractivity contribution is 5.96. The van der Waals surface area contributed by atoms with Crippen molar-refractivity contribution in [2.75, 3.05) is 13.1 Å². The van der Waals surface area contributed by atoms with E-state index in [4.69, 9.17) is 5.73 Å². The summed E-state index contributed by atoms with van der Waals surface area (Å²) >= 11 is 0. The average molecular weight is 282 g/mol. The lowest BCUT2D eigenvalue weighted by atomic mass is 9.97. The molecule has 0 heterocycles. The smallest absolute Gasteiger partial charge is 0.252 e. The predicted molar refractivity (Wildman–Crippen MR) is 83.6 cm³/mol. The fourth-order valence-electron chi connectivity index (χ4n) is 3.01. The molecule has 21 heavy (non-hydrogen) atoms. The second kappa shape index (κ2) is 6.32. The lowest BCUT2D eigenvalue weighted by molar-refractivity contribution is 0.0943. The van der Waals surface area contributed by atoms with Gasteiger partial charge in [0.05, 0.1) is 12.1 Å². The minimum absolute atomic E-state index is 0.0109. The summed E-state index contributed by atoms with van der Waals surface area (Å²) in [6.07, 6.45) is 5.37. The molecule has 2 saturated carbocycles. The quantitative estimate of drug-likeness (QED) is 0.813. The van der Waals surface area contributed by atoms with Gasteiger partial charge in [-0.15, -0.1) is 0 Å². The van der Waals surface area contributed by atoms with Gasteiger partial charge in [-0.1, -0.05) is 24.0 Å². The maximum absolute atomic E-state index is 12.4. The van der Waals surface area contributed by atoms with Crippen LogP contribution in [0.2, 0.25) is 0 Å². The molecule has 0 aliphatic heterocycles. The van der Waals surface area contributed by atoms with E-state index in [-0.39, 0.29) is 5.91 Å². The number of amides is 1. The fraction of sp³-hybridized carbons (Fsp3) is 0.500. The van der Waals surface area contributed by atoms with Gasteiger partial charge in [-0.2, -0.15) is 0 Å². The third kappa shape index (κ3) is 3.65. The van der Waals surface area contributed by atoms with Crippen LogP contribution in [0.15, 0.2) is 24.3 Å². The van der Waals surface area contributed by atoms with E-state index in [1.165, 1.54) is 25.7 Å². The lowest BCUT2D eigenvalue weighted by Crippen LogP contribution is -2.31. The van der Waals surface area contributed by atoms with Crippen LogP contribution in [0.3, 0.4) is 0 Å². The Balaban J connectivity index is 1.64. The monoisotopic (exact) mass is 282 g/mol. The normalized spacial score (nSPS) is 17.2. The zero-order valence-electron chi connectivity index (χ0n) is 12.3. The second-order valence-electron chi connectivity index (χ2n) is 6.10. The molecule has 0 spiro atoms. The Morgan fingerprint density at radius 3 is 2.52 bits per heavy atom. The summed E-state index contributed by atoms with van der Waals surface area (Å²) in [6, 6.07) is 7.48. The van der Waals surface area contributed by atoms with Gasteiger partial charge in [-0.3, -0.25) is 4.79 Å². The summed E-state index contributed by atoms with van der Waals surface area (Å²) in [6.45, 7) is 1.12. The van der Waals surface area contributed by atoms with E-state index in [0.717, 1.165) is 23.9 Å². The number of rotatable bonds is 5. The molecule has 110 valence electrons. The Kier molecular flexibility index (Phi) is 4.26. The molecule has 0 atom stereocenters. The minimum Gasteiger partial charge on any atom is -0.352 e. The Hall–Kier alpha value is -1.79. The van der Waals surface area contributed by atoms with Gasteiger partial charge < -0.3 is 11.1 Å². The van der Waals surface area contributed by atoms with E-state index in [1.54, 1.807) is 0 Å². The van der Waals surface area contributed by atoms with Crippen molar-refractivity contribution in [3.05, 3.63) is 35.4 Å². The predicted octanol–water partition coefficient (Wildman–Crippen LogP) is 2.16. The Bertz CT molecular complexity index is 564. The molecule has 0 radical (unpaired) electrons. The highest BCUT2D eigenvalue weighted by Crippen LogP contribution is 2.48. The molecule has 1 aromatic rings. The molecule has 0 saturated heterocycles. The highest BCUT2D eigenvalue weighted by atomic mass is 16.1. The van der Waals surface area contributed by atoms with Crippen LogP contribution >= 0.6 is 0 Å². The molecule has 3 nitrogen and oxygen atoms in total. The first-order valence-corrected chi connectivity index (χ1v) is 7.85. The third-order valence-electron chi connectivity index (χ3n) is 4.45. The van der Waals surface area contributed by atoms with Crippen LogP contribution in [0, 0.1) is 29.6 Å². The molecule has 2 aliphatic carbocycles. The molecule has 3 rings (SSSR count).